The van der Waals surface area contributed by atoms with Crippen molar-refractivity contribution in [3.8, 4) is 11.4 Å². The highest BCUT2D eigenvalue weighted by Crippen LogP contribution is 2.19. The molecule has 0 saturated heterocycles. The molecule has 0 amide bonds. The molecular formula is C22H21N3O3S. The molecule has 29 heavy (non-hydrogen) atoms. The van der Waals surface area contributed by atoms with Crippen LogP contribution in [-0.2, 0) is 10.8 Å². The lowest BCUT2D eigenvalue weighted by atomic mass is 10.2. The molecule has 0 aliphatic heterocycles. The molecule has 0 spiro atoms. The number of nitrogens with zero attached hydrogens (tertiary/aromatic N) is 2. The summed E-state index contributed by atoms with van der Waals surface area (Å²) >= 11 is 0. The van der Waals surface area contributed by atoms with E-state index in [4.69, 9.17) is 4.74 Å². The number of aromatic amines is 1. The molecule has 148 valence electrons. The Morgan fingerprint density at radius 3 is 2.86 bits per heavy atom. The van der Waals surface area contributed by atoms with Crippen molar-refractivity contribution in [1.82, 2.24) is 14.5 Å². The van der Waals surface area contributed by atoms with Crippen LogP contribution in [0.2, 0.25) is 0 Å². The number of pyridine rings is 1. The molecule has 1 unspecified atom stereocenters. The third-order valence-electron chi connectivity index (χ3n) is 4.62. The minimum Gasteiger partial charge on any atom is -0.494 e. The molecule has 2 aromatic heterocycles. The average molecular weight is 407 g/mol. The topological polar surface area (TPSA) is 77.0 Å². The van der Waals surface area contributed by atoms with Gasteiger partial charge in [-0.1, -0.05) is 18.2 Å². The van der Waals surface area contributed by atoms with Crippen molar-refractivity contribution in [1.29, 1.82) is 0 Å². The zero-order valence-corrected chi connectivity index (χ0v) is 16.8. The Hall–Kier alpha value is -3.19. The number of hydrogen-bond acceptors (Lipinski definition) is 4. The van der Waals surface area contributed by atoms with Crippen LogP contribution in [0.1, 0.15) is 12.0 Å². The summed E-state index contributed by atoms with van der Waals surface area (Å²) in [5.74, 6) is 1.18. The van der Waals surface area contributed by atoms with Gasteiger partial charge in [0.1, 0.15) is 5.75 Å². The number of benzene rings is 2. The first-order valence-electron chi connectivity index (χ1n) is 9.35. The van der Waals surface area contributed by atoms with Gasteiger partial charge in [0, 0.05) is 35.1 Å². The monoisotopic (exact) mass is 407 g/mol. The number of aryl methyl sites for hydroxylation is 1. The minimum absolute atomic E-state index is 0.127. The van der Waals surface area contributed by atoms with E-state index >= 15 is 0 Å². The molecular weight excluding hydrogens is 386 g/mol. The van der Waals surface area contributed by atoms with Crippen LogP contribution < -0.4 is 10.3 Å². The number of rotatable bonds is 7. The van der Waals surface area contributed by atoms with Crippen LogP contribution in [0.3, 0.4) is 0 Å². The van der Waals surface area contributed by atoms with Crippen molar-refractivity contribution < 1.29 is 8.95 Å². The predicted molar refractivity (Wildman–Crippen MR) is 114 cm³/mol. The summed E-state index contributed by atoms with van der Waals surface area (Å²) in [5.41, 5.74) is 2.73. The molecule has 0 radical (unpaired) electrons. The second-order valence-electron chi connectivity index (χ2n) is 6.69. The first kappa shape index (κ1) is 19.1. The lowest BCUT2D eigenvalue weighted by Crippen LogP contribution is -2.10. The van der Waals surface area contributed by atoms with Crippen LogP contribution in [0.15, 0.2) is 76.9 Å². The number of H-pyrrole nitrogens is 1. The number of nitrogens with one attached hydrogen (secondary N) is 1. The molecule has 0 aliphatic rings. The fraction of sp³-hybridized carbons (Fsp3) is 0.182. The summed E-state index contributed by atoms with van der Waals surface area (Å²) < 4.78 is 20.4. The van der Waals surface area contributed by atoms with E-state index in [0.29, 0.717) is 23.9 Å². The predicted octanol–water partition coefficient (Wildman–Crippen LogP) is 3.60. The van der Waals surface area contributed by atoms with E-state index in [1.165, 1.54) is 6.07 Å². The van der Waals surface area contributed by atoms with Gasteiger partial charge in [0.05, 0.1) is 23.1 Å². The fourth-order valence-corrected chi connectivity index (χ4v) is 4.29. The first-order valence-corrected chi connectivity index (χ1v) is 10.7. The Morgan fingerprint density at radius 2 is 2.00 bits per heavy atom. The average Bonchev–Trinajstić information content (AvgIpc) is 3.21. The van der Waals surface area contributed by atoms with Crippen LogP contribution in [-0.4, -0.2) is 31.1 Å². The van der Waals surface area contributed by atoms with E-state index in [2.05, 4.69) is 9.97 Å². The SMILES string of the molecule is Cc1ccccc1-n1ccnc1S(=O)CCCOc1ccc2[nH]c(=O)ccc2c1. The number of imidazole rings is 1. The zero-order valence-electron chi connectivity index (χ0n) is 16.0. The summed E-state index contributed by atoms with van der Waals surface area (Å²) in [5, 5.41) is 1.46. The first-order chi connectivity index (χ1) is 14.1. The van der Waals surface area contributed by atoms with E-state index in [9.17, 15) is 9.00 Å². The van der Waals surface area contributed by atoms with Crippen LogP contribution in [0.5, 0.6) is 5.75 Å². The van der Waals surface area contributed by atoms with Crippen LogP contribution >= 0.6 is 0 Å². The van der Waals surface area contributed by atoms with Gasteiger partial charge >= 0.3 is 0 Å². The Bertz CT molecular complexity index is 1230. The molecule has 4 aromatic rings. The van der Waals surface area contributed by atoms with Gasteiger partial charge in [-0.2, -0.15) is 0 Å². The molecule has 0 bridgehead atoms. The standard InChI is InChI=1S/C22H21N3O3S/c1-16-5-2-3-6-20(16)25-12-11-23-22(25)29(27)14-4-13-28-18-8-9-19-17(15-18)7-10-21(26)24-19/h2-3,5-12,15H,4,13-14H2,1H3,(H,24,26). The molecule has 2 heterocycles. The molecule has 0 aliphatic carbocycles. The van der Waals surface area contributed by atoms with Crippen molar-refractivity contribution >= 4 is 21.7 Å². The van der Waals surface area contributed by atoms with E-state index in [0.717, 1.165) is 27.9 Å². The zero-order chi connectivity index (χ0) is 20.2. The second-order valence-corrected chi connectivity index (χ2v) is 8.15. The van der Waals surface area contributed by atoms with E-state index in [-0.39, 0.29) is 5.56 Å². The molecule has 7 heteroatoms. The van der Waals surface area contributed by atoms with Gasteiger partial charge in [0.2, 0.25) is 10.7 Å². The lowest BCUT2D eigenvalue weighted by molar-refractivity contribution is 0.318. The number of para-hydroxylation sites is 1. The minimum atomic E-state index is -1.22. The second kappa shape index (κ2) is 8.45. The fourth-order valence-electron chi connectivity index (χ4n) is 3.17. The van der Waals surface area contributed by atoms with Gasteiger partial charge in [-0.25, -0.2) is 4.98 Å². The molecule has 0 fully saturated rings. The van der Waals surface area contributed by atoms with E-state index < -0.39 is 10.8 Å². The van der Waals surface area contributed by atoms with Crippen LogP contribution in [0.4, 0.5) is 0 Å². The molecule has 4 rings (SSSR count). The maximum absolute atomic E-state index is 12.8. The van der Waals surface area contributed by atoms with Crippen LogP contribution in [0.25, 0.3) is 16.6 Å². The maximum Gasteiger partial charge on any atom is 0.248 e. The van der Waals surface area contributed by atoms with Crippen molar-refractivity contribution in [3.05, 3.63) is 82.9 Å². The van der Waals surface area contributed by atoms with Crippen LogP contribution in [0, 0.1) is 6.92 Å². The van der Waals surface area contributed by atoms with Crippen molar-refractivity contribution in [2.24, 2.45) is 0 Å². The normalized spacial score (nSPS) is 12.2. The summed E-state index contributed by atoms with van der Waals surface area (Å²) in [7, 11) is -1.22. The third-order valence-corrected chi connectivity index (χ3v) is 5.99. The number of hydrogen-bond donors (Lipinski definition) is 1. The van der Waals surface area contributed by atoms with Crippen molar-refractivity contribution in [3.63, 3.8) is 0 Å². The number of ether oxygens (including phenoxy) is 1. The smallest absolute Gasteiger partial charge is 0.248 e. The Kier molecular flexibility index (Phi) is 5.57. The molecule has 0 saturated carbocycles. The van der Waals surface area contributed by atoms with E-state index in [1.807, 2.05) is 60.2 Å². The molecule has 1 atom stereocenters. The van der Waals surface area contributed by atoms with Gasteiger partial charge in [0.15, 0.2) is 0 Å². The number of aromatic nitrogens is 3. The quantitative estimate of drug-likeness (QED) is 0.475. The summed E-state index contributed by atoms with van der Waals surface area (Å²) in [6.45, 7) is 2.47. The third kappa shape index (κ3) is 4.30. The highest BCUT2D eigenvalue weighted by Gasteiger charge is 2.13. The maximum atomic E-state index is 12.8. The summed E-state index contributed by atoms with van der Waals surface area (Å²) in [6.07, 6.45) is 4.15. The van der Waals surface area contributed by atoms with Gasteiger partial charge < -0.3 is 9.72 Å². The lowest BCUT2D eigenvalue weighted by Gasteiger charge is -2.11. The highest BCUT2D eigenvalue weighted by molar-refractivity contribution is 7.84. The Morgan fingerprint density at radius 1 is 1.14 bits per heavy atom. The Balaban J connectivity index is 1.37. The summed E-state index contributed by atoms with van der Waals surface area (Å²) in [4.78, 5) is 18.4. The Labute approximate surface area is 170 Å². The van der Waals surface area contributed by atoms with Gasteiger partial charge in [-0.05, 0) is 49.2 Å². The summed E-state index contributed by atoms with van der Waals surface area (Å²) in [6, 6.07) is 16.7. The molecule has 1 N–H and O–H groups in total. The van der Waals surface area contributed by atoms with Crippen molar-refractivity contribution in [2.75, 3.05) is 12.4 Å². The molecule has 6 nitrogen and oxygen atoms in total. The van der Waals surface area contributed by atoms with Gasteiger partial charge in [0.25, 0.3) is 0 Å². The highest BCUT2D eigenvalue weighted by atomic mass is 32.2. The van der Waals surface area contributed by atoms with Gasteiger partial charge in [-0.3, -0.25) is 13.6 Å². The molecule has 2 aromatic carbocycles. The van der Waals surface area contributed by atoms with Gasteiger partial charge in [-0.15, -0.1) is 0 Å². The number of fused-ring (bicyclic) bond motifs is 1. The largest absolute Gasteiger partial charge is 0.494 e. The van der Waals surface area contributed by atoms with Crippen molar-refractivity contribution in [2.45, 2.75) is 18.5 Å². The van der Waals surface area contributed by atoms with E-state index in [1.54, 1.807) is 12.3 Å².